The Morgan fingerprint density at radius 2 is 1.81 bits per heavy atom. The molecule has 0 aliphatic heterocycles. The summed E-state index contributed by atoms with van der Waals surface area (Å²) >= 11 is 12.6. The van der Waals surface area contributed by atoms with Gasteiger partial charge in [0.05, 0.1) is 6.61 Å². The summed E-state index contributed by atoms with van der Waals surface area (Å²) in [5.74, 6) is -0.0142. The van der Waals surface area contributed by atoms with E-state index in [1.807, 2.05) is 25.1 Å². The molecule has 0 fully saturated rings. The highest BCUT2D eigenvalue weighted by atomic mass is 35.5. The lowest BCUT2D eigenvalue weighted by Gasteiger charge is -2.28. The van der Waals surface area contributed by atoms with E-state index in [-0.39, 0.29) is 24.0 Å². The fourth-order valence-corrected chi connectivity index (χ4v) is 2.86. The molecule has 0 bridgehead atoms. The highest BCUT2D eigenvalue weighted by Gasteiger charge is 2.27. The topological polar surface area (TPSA) is 38.3 Å². The largest absolute Gasteiger partial charge is 0.465 e. The van der Waals surface area contributed by atoms with Gasteiger partial charge < -0.3 is 4.74 Å². The van der Waals surface area contributed by atoms with Crippen LogP contribution >= 0.6 is 23.2 Å². The van der Waals surface area contributed by atoms with Gasteiger partial charge in [-0.3, -0.25) is 10.1 Å². The Morgan fingerprint density at radius 1 is 1.24 bits per heavy atom. The Bertz CT molecular complexity index is 457. The lowest BCUT2D eigenvalue weighted by atomic mass is 9.94. The number of hydrogen-bond donors (Lipinski definition) is 1. The minimum absolute atomic E-state index is 0.111. The maximum Gasteiger partial charge on any atom is 0.323 e. The van der Waals surface area contributed by atoms with Gasteiger partial charge in [-0.05, 0) is 31.4 Å². The van der Waals surface area contributed by atoms with Crippen LogP contribution in [0.4, 0.5) is 0 Å². The molecule has 21 heavy (non-hydrogen) atoms. The molecule has 1 aromatic rings. The van der Waals surface area contributed by atoms with E-state index < -0.39 is 0 Å². The number of hydrogen-bond acceptors (Lipinski definition) is 3. The number of carbonyl (C=O) groups is 1. The predicted octanol–water partition coefficient (Wildman–Crippen LogP) is 4.62. The first-order valence-electron chi connectivity index (χ1n) is 7.28. The highest BCUT2D eigenvalue weighted by molar-refractivity contribution is 6.36. The van der Waals surface area contributed by atoms with Gasteiger partial charge in [0.15, 0.2) is 0 Å². The molecule has 0 aliphatic rings. The van der Waals surface area contributed by atoms with Crippen molar-refractivity contribution in [2.75, 3.05) is 6.61 Å². The van der Waals surface area contributed by atoms with Crippen molar-refractivity contribution >= 4 is 29.2 Å². The molecular formula is C16H23Cl2NO2. The summed E-state index contributed by atoms with van der Waals surface area (Å²) in [5.41, 5.74) is 0.832. The van der Waals surface area contributed by atoms with Gasteiger partial charge in [0.25, 0.3) is 0 Å². The summed E-state index contributed by atoms with van der Waals surface area (Å²) in [5, 5.41) is 4.55. The summed E-state index contributed by atoms with van der Waals surface area (Å²) in [6.07, 6.45) is 0.643. The lowest BCUT2D eigenvalue weighted by Crippen LogP contribution is -2.41. The van der Waals surface area contributed by atoms with E-state index in [9.17, 15) is 4.79 Å². The van der Waals surface area contributed by atoms with E-state index in [0.29, 0.717) is 23.1 Å². The second kappa shape index (κ2) is 8.62. The van der Waals surface area contributed by atoms with E-state index in [2.05, 4.69) is 19.2 Å². The predicted molar refractivity (Wildman–Crippen MR) is 87.9 cm³/mol. The van der Waals surface area contributed by atoms with Crippen LogP contribution in [0, 0.1) is 5.92 Å². The van der Waals surface area contributed by atoms with Gasteiger partial charge in [0.2, 0.25) is 0 Å². The zero-order valence-electron chi connectivity index (χ0n) is 13.0. The fourth-order valence-electron chi connectivity index (χ4n) is 2.23. The molecular weight excluding hydrogens is 309 g/mol. The first kappa shape index (κ1) is 18.3. The van der Waals surface area contributed by atoms with Crippen LogP contribution in [0.25, 0.3) is 0 Å². The second-order valence-corrected chi connectivity index (χ2v) is 6.05. The monoisotopic (exact) mass is 331 g/mol. The Balaban J connectivity index is 3.05. The van der Waals surface area contributed by atoms with Crippen molar-refractivity contribution in [3.8, 4) is 0 Å². The number of halogens is 2. The Labute approximate surface area is 137 Å². The first-order chi connectivity index (χ1) is 9.92. The molecule has 3 nitrogen and oxygen atoms in total. The van der Waals surface area contributed by atoms with Crippen molar-refractivity contribution in [1.29, 1.82) is 0 Å². The van der Waals surface area contributed by atoms with Crippen molar-refractivity contribution < 1.29 is 9.53 Å². The van der Waals surface area contributed by atoms with Crippen LogP contribution in [0.2, 0.25) is 10.0 Å². The molecule has 0 unspecified atom stereocenters. The Kier molecular flexibility index (Phi) is 7.50. The van der Waals surface area contributed by atoms with Crippen LogP contribution in [0.15, 0.2) is 18.2 Å². The van der Waals surface area contributed by atoms with E-state index >= 15 is 0 Å². The van der Waals surface area contributed by atoms with Crippen molar-refractivity contribution in [2.24, 2.45) is 5.92 Å². The zero-order chi connectivity index (χ0) is 16.0. The van der Waals surface area contributed by atoms with Crippen LogP contribution in [0.1, 0.15) is 45.7 Å². The molecule has 0 aliphatic carbocycles. The summed E-state index contributed by atoms with van der Waals surface area (Å²) in [7, 11) is 0. The minimum atomic E-state index is -0.371. The summed E-state index contributed by atoms with van der Waals surface area (Å²) < 4.78 is 5.10. The standard InChI is InChI=1S/C16H23Cl2NO2/c1-5-13(16(20)21-6-2)19-15(10(3)4)14-11(17)8-7-9-12(14)18/h7-10,13,15,19H,5-6H2,1-4H3/t13-,15+/m1/s1. The van der Waals surface area contributed by atoms with Crippen LogP contribution in [-0.2, 0) is 9.53 Å². The van der Waals surface area contributed by atoms with Crippen LogP contribution in [-0.4, -0.2) is 18.6 Å². The summed E-state index contributed by atoms with van der Waals surface area (Å²) in [4.78, 5) is 12.0. The third-order valence-electron chi connectivity index (χ3n) is 3.34. The molecule has 5 heteroatoms. The third kappa shape index (κ3) is 4.87. The summed E-state index contributed by atoms with van der Waals surface area (Å²) in [6.45, 7) is 8.25. The molecule has 1 rings (SSSR count). The number of benzene rings is 1. The number of ether oxygens (including phenoxy) is 1. The molecule has 1 N–H and O–H groups in total. The zero-order valence-corrected chi connectivity index (χ0v) is 14.5. The van der Waals surface area contributed by atoms with Crippen molar-refractivity contribution in [1.82, 2.24) is 5.32 Å². The quantitative estimate of drug-likeness (QED) is 0.740. The van der Waals surface area contributed by atoms with E-state index in [0.717, 1.165) is 5.56 Å². The number of rotatable bonds is 7. The third-order valence-corrected chi connectivity index (χ3v) is 4.00. The van der Waals surface area contributed by atoms with Gasteiger partial charge in [-0.2, -0.15) is 0 Å². The number of esters is 1. The lowest BCUT2D eigenvalue weighted by molar-refractivity contribution is -0.146. The normalized spacial score (nSPS) is 14.0. The van der Waals surface area contributed by atoms with Gasteiger partial charge in [-0.1, -0.05) is 50.0 Å². The molecule has 118 valence electrons. The molecule has 0 aromatic heterocycles. The van der Waals surface area contributed by atoms with Crippen molar-refractivity contribution in [3.63, 3.8) is 0 Å². The maximum atomic E-state index is 12.0. The highest BCUT2D eigenvalue weighted by Crippen LogP contribution is 2.34. The average Bonchev–Trinajstić information content (AvgIpc) is 2.41. The smallest absolute Gasteiger partial charge is 0.323 e. The molecule has 0 saturated carbocycles. The van der Waals surface area contributed by atoms with Crippen LogP contribution < -0.4 is 5.32 Å². The Hall–Kier alpha value is -0.770. The first-order valence-corrected chi connectivity index (χ1v) is 8.04. The van der Waals surface area contributed by atoms with E-state index in [1.54, 1.807) is 6.92 Å². The molecule has 2 atom stereocenters. The summed E-state index contributed by atoms with van der Waals surface area (Å²) in [6, 6.07) is 4.95. The fraction of sp³-hybridized carbons (Fsp3) is 0.562. The van der Waals surface area contributed by atoms with E-state index in [4.69, 9.17) is 27.9 Å². The molecule has 0 amide bonds. The minimum Gasteiger partial charge on any atom is -0.465 e. The maximum absolute atomic E-state index is 12.0. The Morgan fingerprint density at radius 3 is 2.24 bits per heavy atom. The molecule has 0 radical (unpaired) electrons. The van der Waals surface area contributed by atoms with Gasteiger partial charge in [0, 0.05) is 21.7 Å². The second-order valence-electron chi connectivity index (χ2n) is 5.24. The average molecular weight is 332 g/mol. The van der Waals surface area contributed by atoms with Gasteiger partial charge in [0.1, 0.15) is 6.04 Å². The van der Waals surface area contributed by atoms with Crippen LogP contribution in [0.5, 0.6) is 0 Å². The molecule has 0 saturated heterocycles. The van der Waals surface area contributed by atoms with Crippen molar-refractivity contribution in [2.45, 2.75) is 46.2 Å². The van der Waals surface area contributed by atoms with Gasteiger partial charge >= 0.3 is 5.97 Å². The van der Waals surface area contributed by atoms with E-state index in [1.165, 1.54) is 0 Å². The molecule has 0 spiro atoms. The van der Waals surface area contributed by atoms with Crippen molar-refractivity contribution in [3.05, 3.63) is 33.8 Å². The number of nitrogens with one attached hydrogen (secondary N) is 1. The van der Waals surface area contributed by atoms with Gasteiger partial charge in [-0.25, -0.2) is 0 Å². The number of carbonyl (C=O) groups excluding carboxylic acids is 1. The molecule has 1 aromatic carbocycles. The van der Waals surface area contributed by atoms with Gasteiger partial charge in [-0.15, -0.1) is 0 Å². The van der Waals surface area contributed by atoms with Crippen LogP contribution in [0.3, 0.4) is 0 Å². The molecule has 0 heterocycles. The SMILES string of the molecule is CCOC(=O)[C@@H](CC)N[C@H](c1c(Cl)cccc1Cl)C(C)C.